The van der Waals surface area contributed by atoms with Crippen molar-refractivity contribution in [3.63, 3.8) is 0 Å². The molecule has 1 saturated heterocycles. The van der Waals surface area contributed by atoms with Crippen LogP contribution in [0.25, 0.3) is 11.0 Å². The molecular weight excluding hydrogens is 473 g/mol. The molecular formula is C27H28FN7O2. The molecule has 0 radical (unpaired) electrons. The largest absolute Gasteiger partial charge is 0.463 e. The third kappa shape index (κ3) is 4.01. The van der Waals surface area contributed by atoms with Gasteiger partial charge in [-0.1, -0.05) is 0 Å². The zero-order chi connectivity index (χ0) is 25.1. The van der Waals surface area contributed by atoms with Crippen molar-refractivity contribution in [2.45, 2.75) is 50.6 Å². The summed E-state index contributed by atoms with van der Waals surface area (Å²) in [7, 11) is 0. The van der Waals surface area contributed by atoms with Crippen LogP contribution in [0.1, 0.15) is 60.6 Å². The summed E-state index contributed by atoms with van der Waals surface area (Å²) >= 11 is 0. The van der Waals surface area contributed by atoms with Crippen LogP contribution in [0.3, 0.4) is 0 Å². The lowest BCUT2D eigenvalue weighted by molar-refractivity contribution is -0.103. The van der Waals surface area contributed by atoms with Crippen molar-refractivity contribution >= 4 is 22.6 Å². The SMILES string of the molecule is N#C[C@@H]1C[C@@H]1COc1nc(C(=O)CC23CC(C2)C3)cc(N2CC[C@@H](c3[nH]nc4ncccc34)[C@@H](F)C2)n1. The first kappa shape index (κ1) is 22.6. The van der Waals surface area contributed by atoms with Crippen LogP contribution in [0.4, 0.5) is 10.2 Å². The number of aromatic amines is 1. The maximum Gasteiger partial charge on any atom is 0.319 e. The van der Waals surface area contributed by atoms with Gasteiger partial charge in [-0.2, -0.15) is 20.3 Å². The fourth-order valence-electron chi connectivity index (χ4n) is 6.45. The first-order valence-electron chi connectivity index (χ1n) is 13.1. The van der Waals surface area contributed by atoms with Crippen molar-refractivity contribution in [3.05, 3.63) is 35.8 Å². The number of H-pyrrole nitrogens is 1. The van der Waals surface area contributed by atoms with Crippen LogP contribution in [-0.4, -0.2) is 56.8 Å². The molecule has 4 aliphatic carbocycles. The Morgan fingerprint density at radius 1 is 1.32 bits per heavy atom. The number of carbonyl (C=O) groups is 1. The van der Waals surface area contributed by atoms with E-state index in [-0.39, 0.29) is 41.5 Å². The Morgan fingerprint density at radius 2 is 2.19 bits per heavy atom. The Bertz CT molecular complexity index is 1400. The van der Waals surface area contributed by atoms with E-state index < -0.39 is 6.17 Å². The molecule has 0 aromatic carbocycles. The number of nitrogens with zero attached hydrogens (tertiary/aromatic N) is 6. The molecule has 4 atom stereocenters. The van der Waals surface area contributed by atoms with Crippen molar-refractivity contribution in [2.75, 3.05) is 24.6 Å². The van der Waals surface area contributed by atoms with Crippen molar-refractivity contribution in [1.29, 1.82) is 5.26 Å². The van der Waals surface area contributed by atoms with Gasteiger partial charge < -0.3 is 9.64 Å². The summed E-state index contributed by atoms with van der Waals surface area (Å²) in [4.78, 5) is 28.3. The van der Waals surface area contributed by atoms with E-state index in [1.165, 1.54) is 0 Å². The normalized spacial score (nSPS) is 31.8. The Kier molecular flexibility index (Phi) is 5.17. The molecule has 1 aliphatic heterocycles. The van der Waals surface area contributed by atoms with Crippen molar-refractivity contribution in [2.24, 2.45) is 23.2 Å². The van der Waals surface area contributed by atoms with Gasteiger partial charge in [0.2, 0.25) is 0 Å². The second-order valence-electron chi connectivity index (χ2n) is 11.4. The van der Waals surface area contributed by atoms with Crippen molar-refractivity contribution in [3.8, 4) is 12.1 Å². The number of anilines is 1. The van der Waals surface area contributed by atoms with Crippen LogP contribution in [0, 0.1) is 34.5 Å². The number of nitriles is 1. The van der Waals surface area contributed by atoms with Crippen LogP contribution in [0.5, 0.6) is 6.01 Å². The van der Waals surface area contributed by atoms with E-state index in [0.717, 1.165) is 42.7 Å². The summed E-state index contributed by atoms with van der Waals surface area (Å²) in [5, 5.41) is 17.2. The summed E-state index contributed by atoms with van der Waals surface area (Å²) in [6, 6.07) is 7.82. The van der Waals surface area contributed by atoms with Crippen LogP contribution in [0.15, 0.2) is 24.4 Å². The number of fused-ring (bicyclic) bond motifs is 1. The topological polar surface area (TPSA) is 121 Å². The number of halogens is 1. The molecule has 5 aliphatic rings. The maximum atomic E-state index is 15.6. The lowest BCUT2D eigenvalue weighted by Crippen LogP contribution is -2.52. The van der Waals surface area contributed by atoms with E-state index in [1.54, 1.807) is 12.3 Å². The molecule has 3 aromatic heterocycles. The highest BCUT2D eigenvalue weighted by atomic mass is 19.1. The minimum absolute atomic E-state index is 0.00362. The van der Waals surface area contributed by atoms with E-state index >= 15 is 4.39 Å². The predicted octanol–water partition coefficient (Wildman–Crippen LogP) is 3.99. The Labute approximate surface area is 213 Å². The van der Waals surface area contributed by atoms with Gasteiger partial charge in [0.25, 0.3) is 0 Å². The molecule has 37 heavy (non-hydrogen) atoms. The second kappa shape index (κ2) is 8.47. The molecule has 5 fully saturated rings. The van der Waals surface area contributed by atoms with E-state index in [9.17, 15) is 4.79 Å². The molecule has 9 nitrogen and oxygen atoms in total. The summed E-state index contributed by atoms with van der Waals surface area (Å²) < 4.78 is 21.4. The number of rotatable bonds is 8. The highest BCUT2D eigenvalue weighted by Crippen LogP contribution is 2.66. The average Bonchev–Trinajstić information content (AvgIpc) is 3.51. The summed E-state index contributed by atoms with van der Waals surface area (Å²) in [6.07, 6.45) is 5.78. The third-order valence-corrected chi connectivity index (χ3v) is 8.79. The van der Waals surface area contributed by atoms with Gasteiger partial charge in [0.1, 0.15) is 17.7 Å². The lowest BCUT2D eigenvalue weighted by Gasteiger charge is -2.61. The van der Waals surface area contributed by atoms with Crippen LogP contribution >= 0.6 is 0 Å². The number of nitrogens with one attached hydrogen (secondary N) is 1. The standard InChI is InChI=1S/C27H28FN7O2/c28-20-13-35(5-3-18(20)24-19-2-1-4-30-25(19)34-33-24)23-7-21(22(36)11-27-8-15(9-27)10-27)31-26(32-23)37-14-17-6-16(17)12-29/h1-2,4,7,15-18,20H,3,5-6,8-11,13-14H2,(H,30,33,34)/t15?,16-,17+,18+,20-,27?/m0/s1. The first-order chi connectivity index (χ1) is 18.0. The van der Waals surface area contributed by atoms with Gasteiger partial charge in [-0.25, -0.2) is 9.37 Å². The van der Waals surface area contributed by atoms with Gasteiger partial charge in [-0.3, -0.25) is 9.89 Å². The number of carbonyl (C=O) groups excluding carboxylic acids is 1. The van der Waals surface area contributed by atoms with Gasteiger partial charge in [-0.05, 0) is 55.6 Å². The molecule has 0 unspecified atom stereocenters. The fourth-order valence-corrected chi connectivity index (χ4v) is 6.45. The number of aromatic nitrogens is 5. The maximum absolute atomic E-state index is 15.6. The van der Waals surface area contributed by atoms with E-state index in [1.807, 2.05) is 17.0 Å². The second-order valence-corrected chi connectivity index (χ2v) is 11.4. The molecule has 0 spiro atoms. The lowest BCUT2D eigenvalue weighted by atomic mass is 9.43. The Hall–Kier alpha value is -3.61. The smallest absolute Gasteiger partial charge is 0.319 e. The number of hydrogen-bond acceptors (Lipinski definition) is 8. The molecule has 8 rings (SSSR count). The van der Waals surface area contributed by atoms with Gasteiger partial charge in [0, 0.05) is 42.5 Å². The van der Waals surface area contributed by atoms with Gasteiger partial charge in [0.05, 0.1) is 30.8 Å². The number of pyridine rings is 1. The van der Waals surface area contributed by atoms with E-state index in [2.05, 4.69) is 31.2 Å². The minimum atomic E-state index is -1.15. The fraction of sp³-hybridized carbons (Fsp3) is 0.556. The molecule has 4 saturated carbocycles. The Morgan fingerprint density at radius 3 is 2.92 bits per heavy atom. The number of Topliss-reactive ketones (excluding diaryl/α,β-unsaturated/α-hetero) is 1. The number of hydrogen-bond donors (Lipinski definition) is 1. The van der Waals surface area contributed by atoms with Crippen molar-refractivity contribution < 1.29 is 13.9 Å². The first-order valence-corrected chi connectivity index (χ1v) is 13.1. The van der Waals surface area contributed by atoms with E-state index in [4.69, 9.17) is 10.00 Å². The minimum Gasteiger partial charge on any atom is -0.463 e. The molecule has 10 heteroatoms. The van der Waals surface area contributed by atoms with Gasteiger partial charge in [0.15, 0.2) is 11.4 Å². The highest BCUT2D eigenvalue weighted by molar-refractivity contribution is 5.95. The van der Waals surface area contributed by atoms with Gasteiger partial charge >= 0.3 is 6.01 Å². The quantitative estimate of drug-likeness (QED) is 0.460. The number of piperidine rings is 1. The molecule has 3 aromatic rings. The molecule has 190 valence electrons. The molecule has 0 amide bonds. The summed E-state index contributed by atoms with van der Waals surface area (Å²) in [5.41, 5.74) is 1.85. The van der Waals surface area contributed by atoms with Crippen LogP contribution in [-0.2, 0) is 0 Å². The summed E-state index contributed by atoms with van der Waals surface area (Å²) in [5.74, 6) is 1.15. The zero-order valence-electron chi connectivity index (χ0n) is 20.4. The van der Waals surface area contributed by atoms with Crippen LogP contribution < -0.4 is 9.64 Å². The number of ether oxygens (including phenoxy) is 1. The van der Waals surface area contributed by atoms with Crippen LogP contribution in [0.2, 0.25) is 0 Å². The molecule has 2 bridgehead atoms. The van der Waals surface area contributed by atoms with Gasteiger partial charge in [-0.15, -0.1) is 0 Å². The predicted molar refractivity (Wildman–Crippen MR) is 132 cm³/mol. The molecule has 4 heterocycles. The zero-order valence-corrected chi connectivity index (χ0v) is 20.4. The molecule has 1 N–H and O–H groups in total. The number of alkyl halides is 1. The highest BCUT2D eigenvalue weighted by Gasteiger charge is 2.57. The van der Waals surface area contributed by atoms with E-state index in [0.29, 0.717) is 43.2 Å². The van der Waals surface area contributed by atoms with Crippen molar-refractivity contribution in [1.82, 2.24) is 25.1 Å². The Balaban J connectivity index is 1.11. The average molecular weight is 502 g/mol. The summed E-state index contributed by atoms with van der Waals surface area (Å²) in [6.45, 7) is 1.05. The third-order valence-electron chi connectivity index (χ3n) is 8.79. The monoisotopic (exact) mass is 501 g/mol. The number of ketones is 1.